The second-order valence-electron chi connectivity index (χ2n) is 2.60. The topological polar surface area (TPSA) is 82.0 Å². The Morgan fingerprint density at radius 2 is 2.38 bits per heavy atom. The van der Waals surface area contributed by atoms with E-state index in [0.29, 0.717) is 6.54 Å². The van der Waals surface area contributed by atoms with Crippen molar-refractivity contribution in [3.05, 3.63) is 0 Å². The Balaban J connectivity index is 2.77. The molecule has 0 saturated carbocycles. The van der Waals surface area contributed by atoms with E-state index in [1.54, 1.807) is 6.92 Å². The SMILES string of the molecule is CCN1N=C(C(=O)NO)CCC1=O. The lowest BCUT2D eigenvalue weighted by atomic mass is 10.1. The van der Waals surface area contributed by atoms with E-state index in [1.165, 1.54) is 10.5 Å². The average Bonchev–Trinajstić information content (AvgIpc) is 2.17. The van der Waals surface area contributed by atoms with Crippen LogP contribution in [0.5, 0.6) is 0 Å². The van der Waals surface area contributed by atoms with Gasteiger partial charge in [-0.2, -0.15) is 5.10 Å². The van der Waals surface area contributed by atoms with Crippen molar-refractivity contribution in [2.45, 2.75) is 19.8 Å². The van der Waals surface area contributed by atoms with Gasteiger partial charge in [-0.05, 0) is 6.92 Å². The molecule has 0 aromatic carbocycles. The highest BCUT2D eigenvalue weighted by molar-refractivity contribution is 6.39. The second-order valence-corrected chi connectivity index (χ2v) is 2.60. The van der Waals surface area contributed by atoms with E-state index >= 15 is 0 Å². The number of hydrogen-bond donors (Lipinski definition) is 2. The van der Waals surface area contributed by atoms with Crippen LogP contribution < -0.4 is 5.48 Å². The van der Waals surface area contributed by atoms with Crippen LogP contribution in [-0.4, -0.2) is 34.3 Å². The minimum atomic E-state index is -0.647. The summed E-state index contributed by atoms with van der Waals surface area (Å²) in [4.78, 5) is 22.0. The fourth-order valence-corrected chi connectivity index (χ4v) is 1.08. The molecule has 0 aliphatic carbocycles. The molecule has 0 fully saturated rings. The van der Waals surface area contributed by atoms with Crippen LogP contribution >= 0.6 is 0 Å². The summed E-state index contributed by atoms with van der Waals surface area (Å²) in [5, 5.41) is 13.3. The van der Waals surface area contributed by atoms with Gasteiger partial charge in [0.2, 0.25) is 5.91 Å². The summed E-state index contributed by atoms with van der Waals surface area (Å²) in [5.74, 6) is -0.747. The predicted molar refractivity (Wildman–Crippen MR) is 44.0 cm³/mol. The highest BCUT2D eigenvalue weighted by Crippen LogP contribution is 2.08. The fraction of sp³-hybridized carbons (Fsp3) is 0.571. The van der Waals surface area contributed by atoms with Crippen molar-refractivity contribution in [3.63, 3.8) is 0 Å². The zero-order valence-electron chi connectivity index (χ0n) is 7.28. The molecule has 0 bridgehead atoms. The molecular weight excluding hydrogens is 174 g/mol. The van der Waals surface area contributed by atoms with Gasteiger partial charge in [0.15, 0.2) is 0 Å². The van der Waals surface area contributed by atoms with E-state index in [2.05, 4.69) is 5.10 Å². The molecule has 0 atom stereocenters. The van der Waals surface area contributed by atoms with Crippen molar-refractivity contribution in [1.82, 2.24) is 10.5 Å². The third-order valence-corrected chi connectivity index (χ3v) is 1.77. The van der Waals surface area contributed by atoms with Crippen molar-refractivity contribution < 1.29 is 14.8 Å². The number of carbonyl (C=O) groups is 2. The first-order valence-corrected chi connectivity index (χ1v) is 4.01. The summed E-state index contributed by atoms with van der Waals surface area (Å²) in [6.45, 7) is 2.20. The summed E-state index contributed by atoms with van der Waals surface area (Å²) in [6, 6.07) is 0. The van der Waals surface area contributed by atoms with Crippen molar-refractivity contribution >= 4 is 17.5 Å². The van der Waals surface area contributed by atoms with Gasteiger partial charge in [-0.3, -0.25) is 14.8 Å². The first-order chi connectivity index (χ1) is 6.19. The molecule has 13 heavy (non-hydrogen) atoms. The van der Waals surface area contributed by atoms with Crippen LogP contribution in [0.3, 0.4) is 0 Å². The summed E-state index contributed by atoms with van der Waals surface area (Å²) >= 11 is 0. The molecule has 0 radical (unpaired) electrons. The van der Waals surface area contributed by atoms with Crippen LogP contribution in [0.2, 0.25) is 0 Å². The molecule has 0 spiro atoms. The molecule has 1 heterocycles. The summed E-state index contributed by atoms with van der Waals surface area (Å²) in [5.41, 5.74) is 1.67. The number of amides is 2. The zero-order chi connectivity index (χ0) is 9.84. The third kappa shape index (κ3) is 2.03. The van der Waals surface area contributed by atoms with E-state index in [1.807, 2.05) is 0 Å². The van der Waals surface area contributed by atoms with E-state index in [0.717, 1.165) is 0 Å². The molecule has 72 valence electrons. The van der Waals surface area contributed by atoms with Crippen molar-refractivity contribution in [1.29, 1.82) is 0 Å². The molecule has 6 nitrogen and oxygen atoms in total. The molecule has 1 aliphatic heterocycles. The second kappa shape index (κ2) is 3.99. The Morgan fingerprint density at radius 3 is 2.92 bits per heavy atom. The van der Waals surface area contributed by atoms with Crippen molar-refractivity contribution in [2.75, 3.05) is 6.54 Å². The highest BCUT2D eigenvalue weighted by atomic mass is 16.5. The number of nitrogens with one attached hydrogen (secondary N) is 1. The molecule has 1 aliphatic rings. The van der Waals surface area contributed by atoms with Gasteiger partial charge < -0.3 is 0 Å². The Labute approximate surface area is 75.2 Å². The summed E-state index contributed by atoms with van der Waals surface area (Å²) < 4.78 is 0. The van der Waals surface area contributed by atoms with Gasteiger partial charge in [0, 0.05) is 19.4 Å². The summed E-state index contributed by atoms with van der Waals surface area (Å²) in [6.07, 6.45) is 0.543. The van der Waals surface area contributed by atoms with Gasteiger partial charge in [-0.15, -0.1) is 0 Å². The Kier molecular flexibility index (Phi) is 2.97. The monoisotopic (exact) mass is 185 g/mol. The largest absolute Gasteiger partial charge is 0.290 e. The first-order valence-electron chi connectivity index (χ1n) is 4.01. The normalized spacial score (nSPS) is 16.9. The fourth-order valence-electron chi connectivity index (χ4n) is 1.08. The molecule has 2 N–H and O–H groups in total. The van der Waals surface area contributed by atoms with Crippen LogP contribution in [0.1, 0.15) is 19.8 Å². The lowest BCUT2D eigenvalue weighted by Gasteiger charge is -2.20. The third-order valence-electron chi connectivity index (χ3n) is 1.77. The van der Waals surface area contributed by atoms with Crippen LogP contribution in [0.25, 0.3) is 0 Å². The van der Waals surface area contributed by atoms with Crippen molar-refractivity contribution in [3.8, 4) is 0 Å². The maximum Gasteiger partial charge on any atom is 0.290 e. The summed E-state index contributed by atoms with van der Waals surface area (Å²) in [7, 11) is 0. The van der Waals surface area contributed by atoms with Crippen LogP contribution in [-0.2, 0) is 9.59 Å². The lowest BCUT2D eigenvalue weighted by Crippen LogP contribution is -2.37. The van der Waals surface area contributed by atoms with Crippen molar-refractivity contribution in [2.24, 2.45) is 5.10 Å². The van der Waals surface area contributed by atoms with Crippen LogP contribution in [0.15, 0.2) is 5.10 Å². The quantitative estimate of drug-likeness (QED) is 0.449. The van der Waals surface area contributed by atoms with E-state index in [-0.39, 0.29) is 24.5 Å². The number of hydrazone groups is 1. The zero-order valence-corrected chi connectivity index (χ0v) is 7.28. The Morgan fingerprint density at radius 1 is 1.69 bits per heavy atom. The first kappa shape index (κ1) is 9.66. The van der Waals surface area contributed by atoms with Crippen LogP contribution in [0.4, 0.5) is 0 Å². The molecule has 0 saturated heterocycles. The highest BCUT2D eigenvalue weighted by Gasteiger charge is 2.22. The maximum atomic E-state index is 11.1. The number of hydrogen-bond acceptors (Lipinski definition) is 4. The molecule has 6 heteroatoms. The number of hydroxylamine groups is 1. The molecule has 0 aromatic rings. The molecular formula is C7H11N3O3. The maximum absolute atomic E-state index is 11.1. The minimum Gasteiger partial charge on any atom is -0.288 e. The van der Waals surface area contributed by atoms with E-state index in [4.69, 9.17) is 5.21 Å². The van der Waals surface area contributed by atoms with Gasteiger partial charge >= 0.3 is 0 Å². The average molecular weight is 185 g/mol. The molecule has 0 aromatic heterocycles. The minimum absolute atomic E-state index is 0.100. The Bertz CT molecular complexity index is 262. The van der Waals surface area contributed by atoms with Gasteiger partial charge in [-0.25, -0.2) is 10.5 Å². The predicted octanol–water partition coefficient (Wildman–Crippen LogP) is -0.510. The van der Waals surface area contributed by atoms with Gasteiger partial charge in [-0.1, -0.05) is 0 Å². The van der Waals surface area contributed by atoms with Crippen LogP contribution in [0, 0.1) is 0 Å². The Hall–Kier alpha value is -1.43. The molecule has 1 rings (SSSR count). The molecule has 2 amide bonds. The molecule has 0 unspecified atom stereocenters. The number of nitrogens with zero attached hydrogens (tertiary/aromatic N) is 2. The number of rotatable bonds is 2. The van der Waals surface area contributed by atoms with E-state index < -0.39 is 5.91 Å². The van der Waals surface area contributed by atoms with Gasteiger partial charge in [0.05, 0.1) is 0 Å². The van der Waals surface area contributed by atoms with Gasteiger partial charge in [0.25, 0.3) is 5.91 Å². The number of carbonyl (C=O) groups excluding carboxylic acids is 2. The van der Waals surface area contributed by atoms with Gasteiger partial charge in [0.1, 0.15) is 5.71 Å². The van der Waals surface area contributed by atoms with E-state index in [9.17, 15) is 9.59 Å². The standard InChI is InChI=1S/C7H11N3O3/c1-2-10-6(11)4-3-5(8-10)7(12)9-13/h13H,2-4H2,1H3,(H,9,12). The lowest BCUT2D eigenvalue weighted by molar-refractivity contribution is -0.131. The smallest absolute Gasteiger partial charge is 0.288 e.